The van der Waals surface area contributed by atoms with Crippen LogP contribution in [0.1, 0.15) is 11.6 Å². The minimum absolute atomic E-state index is 0.00268. The molecule has 0 aromatic heterocycles. The van der Waals surface area contributed by atoms with Crippen molar-refractivity contribution >= 4 is 29.0 Å². The molecule has 1 aliphatic rings. The van der Waals surface area contributed by atoms with Gasteiger partial charge in [-0.3, -0.25) is 4.79 Å². The zero-order valence-electron chi connectivity index (χ0n) is 10.5. The summed E-state index contributed by atoms with van der Waals surface area (Å²) in [7, 11) is 0. The monoisotopic (exact) mass is 270 g/mol. The molecule has 1 atom stereocenters. The Morgan fingerprint density at radius 2 is 1.84 bits per heavy atom. The summed E-state index contributed by atoms with van der Waals surface area (Å²) in [5, 5.41) is 6.23. The molecule has 1 aliphatic heterocycles. The molecule has 1 heterocycles. The van der Waals surface area contributed by atoms with E-state index in [0.717, 1.165) is 21.8 Å². The van der Waals surface area contributed by atoms with Gasteiger partial charge >= 0.3 is 0 Å². The highest BCUT2D eigenvalue weighted by Crippen LogP contribution is 2.35. The van der Waals surface area contributed by atoms with Crippen LogP contribution in [-0.2, 0) is 4.79 Å². The van der Waals surface area contributed by atoms with Crippen molar-refractivity contribution in [1.29, 1.82) is 0 Å². The molecule has 0 spiro atoms. The van der Waals surface area contributed by atoms with Crippen molar-refractivity contribution in [2.75, 3.05) is 16.9 Å². The third-order valence-corrected chi connectivity index (χ3v) is 3.99. The minimum atomic E-state index is -0.315. The summed E-state index contributed by atoms with van der Waals surface area (Å²) in [6.45, 7) is 0. The Hall–Kier alpha value is -1.94. The van der Waals surface area contributed by atoms with Crippen molar-refractivity contribution < 1.29 is 4.79 Å². The van der Waals surface area contributed by atoms with Crippen molar-refractivity contribution in [2.24, 2.45) is 0 Å². The van der Waals surface area contributed by atoms with Gasteiger partial charge in [-0.1, -0.05) is 30.3 Å². The molecule has 2 aromatic carbocycles. The van der Waals surface area contributed by atoms with Crippen LogP contribution in [0.3, 0.4) is 0 Å². The third-order valence-electron chi connectivity index (χ3n) is 3.20. The Balaban J connectivity index is 1.93. The maximum absolute atomic E-state index is 12.1. The second-order valence-electron chi connectivity index (χ2n) is 4.35. The number of para-hydroxylation sites is 2. The molecular weight excluding hydrogens is 256 g/mol. The first kappa shape index (κ1) is 12.1. The van der Waals surface area contributed by atoms with Gasteiger partial charge in [0.15, 0.2) is 0 Å². The number of carbonyl (C=O) groups excluding carboxylic acids is 1. The molecule has 96 valence electrons. The Labute approximate surface area is 116 Å². The zero-order chi connectivity index (χ0) is 13.2. The van der Waals surface area contributed by atoms with Crippen molar-refractivity contribution in [3.8, 4) is 0 Å². The number of hydrogen-bond acceptors (Lipinski definition) is 3. The maximum atomic E-state index is 12.1. The van der Waals surface area contributed by atoms with E-state index in [1.165, 1.54) is 0 Å². The lowest BCUT2D eigenvalue weighted by Gasteiger charge is -2.15. The molecule has 3 nitrogen and oxygen atoms in total. The Kier molecular flexibility index (Phi) is 3.17. The van der Waals surface area contributed by atoms with E-state index in [-0.39, 0.29) is 11.9 Å². The zero-order valence-corrected chi connectivity index (χ0v) is 11.3. The van der Waals surface area contributed by atoms with E-state index in [9.17, 15) is 4.79 Å². The molecule has 2 aromatic rings. The minimum Gasteiger partial charge on any atom is -0.369 e. The highest BCUT2D eigenvalue weighted by atomic mass is 32.2. The molecule has 0 saturated heterocycles. The van der Waals surface area contributed by atoms with Crippen LogP contribution in [0.15, 0.2) is 53.4 Å². The first-order valence-corrected chi connectivity index (χ1v) is 7.31. The van der Waals surface area contributed by atoms with Gasteiger partial charge < -0.3 is 10.6 Å². The van der Waals surface area contributed by atoms with Crippen molar-refractivity contribution in [3.63, 3.8) is 0 Å². The van der Waals surface area contributed by atoms with E-state index >= 15 is 0 Å². The highest BCUT2D eigenvalue weighted by Gasteiger charge is 2.30. The normalized spacial score (nSPS) is 16.9. The van der Waals surface area contributed by atoms with Crippen molar-refractivity contribution in [1.82, 2.24) is 0 Å². The Bertz CT molecular complexity index is 627. The van der Waals surface area contributed by atoms with Gasteiger partial charge in [0.25, 0.3) is 5.91 Å². The SMILES string of the molecule is CSc1ccccc1NC1C(=O)Nc2ccccc21. The van der Waals surface area contributed by atoms with Crippen LogP contribution in [-0.4, -0.2) is 12.2 Å². The average Bonchev–Trinajstić information content (AvgIpc) is 2.76. The Morgan fingerprint density at radius 1 is 1.11 bits per heavy atom. The van der Waals surface area contributed by atoms with E-state index in [1.54, 1.807) is 11.8 Å². The van der Waals surface area contributed by atoms with Crippen LogP contribution in [0, 0.1) is 0 Å². The largest absolute Gasteiger partial charge is 0.369 e. The molecule has 0 aliphatic carbocycles. The molecular formula is C15H14N2OS. The number of fused-ring (bicyclic) bond motifs is 1. The summed E-state index contributed by atoms with van der Waals surface area (Å²) in [6, 6.07) is 15.5. The van der Waals surface area contributed by atoms with E-state index in [0.29, 0.717) is 0 Å². The molecule has 0 fully saturated rings. The lowest BCUT2D eigenvalue weighted by molar-refractivity contribution is -0.116. The van der Waals surface area contributed by atoms with Crippen LogP contribution >= 0.6 is 11.8 Å². The van der Waals surface area contributed by atoms with E-state index in [4.69, 9.17) is 0 Å². The predicted octanol–water partition coefficient (Wildman–Crippen LogP) is 3.51. The van der Waals surface area contributed by atoms with Gasteiger partial charge in [0.2, 0.25) is 0 Å². The highest BCUT2D eigenvalue weighted by molar-refractivity contribution is 7.98. The molecule has 3 rings (SSSR count). The van der Waals surface area contributed by atoms with Crippen molar-refractivity contribution in [2.45, 2.75) is 10.9 Å². The van der Waals surface area contributed by atoms with E-state index in [1.807, 2.05) is 54.8 Å². The fraction of sp³-hybridized carbons (Fsp3) is 0.133. The standard InChI is InChI=1S/C15H14N2OS/c1-19-13-9-5-4-8-12(13)16-14-10-6-2-3-7-11(10)17-15(14)18/h2-9,14,16H,1H3,(H,17,18). The smallest absolute Gasteiger partial charge is 0.251 e. The summed E-state index contributed by atoms with van der Waals surface area (Å²) >= 11 is 1.67. The number of carbonyl (C=O) groups is 1. The van der Waals surface area contributed by atoms with Gasteiger partial charge in [0.05, 0.1) is 0 Å². The van der Waals surface area contributed by atoms with Crippen LogP contribution in [0.4, 0.5) is 11.4 Å². The molecule has 2 N–H and O–H groups in total. The molecule has 0 bridgehead atoms. The summed E-state index contributed by atoms with van der Waals surface area (Å²) in [4.78, 5) is 13.2. The fourth-order valence-electron chi connectivity index (χ4n) is 2.27. The first-order valence-electron chi connectivity index (χ1n) is 6.09. The van der Waals surface area contributed by atoms with Crippen LogP contribution < -0.4 is 10.6 Å². The number of nitrogens with one attached hydrogen (secondary N) is 2. The van der Waals surface area contributed by atoms with Gasteiger partial charge in [-0.2, -0.15) is 0 Å². The Morgan fingerprint density at radius 3 is 2.68 bits per heavy atom. The molecule has 0 radical (unpaired) electrons. The predicted molar refractivity (Wildman–Crippen MR) is 79.7 cm³/mol. The summed E-state index contributed by atoms with van der Waals surface area (Å²) < 4.78 is 0. The molecule has 1 amide bonds. The number of rotatable bonds is 3. The van der Waals surface area contributed by atoms with Crippen molar-refractivity contribution in [3.05, 3.63) is 54.1 Å². The van der Waals surface area contributed by atoms with Gasteiger partial charge in [-0.15, -0.1) is 11.8 Å². The lowest BCUT2D eigenvalue weighted by Crippen LogP contribution is -2.19. The summed E-state index contributed by atoms with van der Waals surface area (Å²) in [5.74, 6) is -0.00268. The maximum Gasteiger partial charge on any atom is 0.251 e. The fourth-order valence-corrected chi connectivity index (χ4v) is 2.83. The van der Waals surface area contributed by atoms with Crippen LogP contribution in [0.25, 0.3) is 0 Å². The van der Waals surface area contributed by atoms with Gasteiger partial charge in [0.1, 0.15) is 6.04 Å². The van der Waals surface area contributed by atoms with Gasteiger partial charge in [-0.25, -0.2) is 0 Å². The topological polar surface area (TPSA) is 41.1 Å². The molecule has 0 saturated carbocycles. The number of amides is 1. The quantitative estimate of drug-likeness (QED) is 0.839. The first-order chi connectivity index (χ1) is 9.29. The van der Waals surface area contributed by atoms with Crippen LogP contribution in [0.2, 0.25) is 0 Å². The molecule has 1 unspecified atom stereocenters. The third kappa shape index (κ3) is 2.19. The number of anilines is 2. The van der Waals surface area contributed by atoms with E-state index in [2.05, 4.69) is 10.6 Å². The average molecular weight is 270 g/mol. The number of thioether (sulfide) groups is 1. The number of hydrogen-bond donors (Lipinski definition) is 2. The van der Waals surface area contributed by atoms with Gasteiger partial charge in [0, 0.05) is 21.8 Å². The lowest BCUT2D eigenvalue weighted by atomic mass is 10.1. The van der Waals surface area contributed by atoms with E-state index < -0.39 is 0 Å². The summed E-state index contributed by atoms with van der Waals surface area (Å²) in [6.07, 6.45) is 2.03. The summed E-state index contributed by atoms with van der Waals surface area (Å²) in [5.41, 5.74) is 2.89. The second-order valence-corrected chi connectivity index (χ2v) is 5.20. The van der Waals surface area contributed by atoms with Gasteiger partial charge in [-0.05, 0) is 24.5 Å². The second kappa shape index (κ2) is 4.97. The van der Waals surface area contributed by atoms with Crippen LogP contribution in [0.5, 0.6) is 0 Å². The number of benzene rings is 2. The molecule has 4 heteroatoms. The molecule has 19 heavy (non-hydrogen) atoms.